The van der Waals surface area contributed by atoms with Gasteiger partial charge in [0.2, 0.25) is 0 Å². The molecule has 118 valence electrons. The quantitative estimate of drug-likeness (QED) is 0.822. The van der Waals surface area contributed by atoms with E-state index in [-0.39, 0.29) is 12.5 Å². The molecule has 0 bridgehead atoms. The van der Waals surface area contributed by atoms with Gasteiger partial charge in [-0.25, -0.2) is 0 Å². The van der Waals surface area contributed by atoms with E-state index in [1.54, 1.807) is 0 Å². The van der Waals surface area contributed by atoms with Crippen molar-refractivity contribution in [2.24, 2.45) is 11.8 Å². The fraction of sp³-hybridized carbons (Fsp3) is 0.688. The van der Waals surface area contributed by atoms with Crippen LogP contribution in [0.15, 0.2) is 16.7 Å². The van der Waals surface area contributed by atoms with E-state index in [1.165, 1.54) is 12.8 Å². The maximum atomic E-state index is 12.4. The van der Waals surface area contributed by atoms with E-state index in [1.807, 2.05) is 16.8 Å². The predicted molar refractivity (Wildman–Crippen MR) is 87.3 cm³/mol. The van der Waals surface area contributed by atoms with Crippen molar-refractivity contribution in [3.8, 4) is 0 Å². The van der Waals surface area contributed by atoms with Gasteiger partial charge in [-0.15, -0.1) is 0 Å². The summed E-state index contributed by atoms with van der Waals surface area (Å²) >= 11 is 3.44. The first-order valence-corrected chi connectivity index (χ1v) is 8.69. The molecule has 1 fully saturated rings. The molecule has 0 spiro atoms. The van der Waals surface area contributed by atoms with Gasteiger partial charge in [0, 0.05) is 30.4 Å². The highest BCUT2D eigenvalue weighted by Crippen LogP contribution is 2.29. The van der Waals surface area contributed by atoms with E-state index in [9.17, 15) is 9.90 Å². The Labute approximate surface area is 135 Å². The van der Waals surface area contributed by atoms with E-state index in [2.05, 4.69) is 28.2 Å². The van der Waals surface area contributed by atoms with E-state index < -0.39 is 0 Å². The number of halogens is 1. The van der Waals surface area contributed by atoms with Crippen LogP contribution >= 0.6 is 15.9 Å². The number of nitrogens with one attached hydrogen (secondary N) is 1. The molecule has 5 heteroatoms. The molecule has 0 saturated heterocycles. The summed E-state index contributed by atoms with van der Waals surface area (Å²) in [6.07, 6.45) is 7.53. The summed E-state index contributed by atoms with van der Waals surface area (Å²) in [5.41, 5.74) is 0.708. The topological polar surface area (TPSA) is 54.3 Å². The van der Waals surface area contributed by atoms with Crippen molar-refractivity contribution in [3.63, 3.8) is 0 Å². The molecular weight excluding hydrogens is 332 g/mol. The van der Waals surface area contributed by atoms with Crippen LogP contribution in [0, 0.1) is 11.8 Å². The smallest absolute Gasteiger partial charge is 0.267 e. The van der Waals surface area contributed by atoms with Crippen molar-refractivity contribution in [2.45, 2.75) is 45.6 Å². The Bertz CT molecular complexity index is 473. The summed E-state index contributed by atoms with van der Waals surface area (Å²) in [4.78, 5) is 12.4. The van der Waals surface area contributed by atoms with E-state index in [0.717, 1.165) is 30.3 Å². The molecule has 0 aromatic carbocycles. The molecule has 1 heterocycles. The van der Waals surface area contributed by atoms with Gasteiger partial charge in [-0.2, -0.15) is 0 Å². The predicted octanol–water partition coefficient (Wildman–Crippen LogP) is 3.19. The Morgan fingerprint density at radius 2 is 2.14 bits per heavy atom. The zero-order valence-corrected chi connectivity index (χ0v) is 14.2. The summed E-state index contributed by atoms with van der Waals surface area (Å²) in [7, 11) is 0. The lowest BCUT2D eigenvalue weighted by Crippen LogP contribution is -2.36. The Morgan fingerprint density at radius 1 is 1.43 bits per heavy atom. The molecule has 2 N–H and O–H groups in total. The van der Waals surface area contributed by atoms with Gasteiger partial charge in [-0.3, -0.25) is 4.79 Å². The summed E-state index contributed by atoms with van der Waals surface area (Å²) in [6, 6.07) is 1.87. The molecular formula is C16H25BrN2O2. The second-order valence-corrected chi connectivity index (χ2v) is 6.85. The number of nitrogens with zero attached hydrogens (tertiary/aromatic N) is 1. The minimum absolute atomic E-state index is 0.0172. The minimum Gasteiger partial charge on any atom is -0.396 e. The molecule has 1 aliphatic rings. The van der Waals surface area contributed by atoms with E-state index >= 15 is 0 Å². The lowest BCUT2D eigenvalue weighted by atomic mass is 9.79. The Balaban J connectivity index is 1.95. The van der Waals surface area contributed by atoms with Crippen LogP contribution in [0.25, 0.3) is 0 Å². The van der Waals surface area contributed by atoms with Crippen LogP contribution in [0.1, 0.15) is 49.5 Å². The average molecular weight is 357 g/mol. The van der Waals surface area contributed by atoms with Gasteiger partial charge >= 0.3 is 0 Å². The van der Waals surface area contributed by atoms with Crippen LogP contribution in [0.5, 0.6) is 0 Å². The molecule has 21 heavy (non-hydrogen) atoms. The van der Waals surface area contributed by atoms with Gasteiger partial charge in [-0.05, 0) is 53.1 Å². The largest absolute Gasteiger partial charge is 0.396 e. The molecule has 4 nitrogen and oxygen atoms in total. The van der Waals surface area contributed by atoms with Crippen molar-refractivity contribution in [1.82, 2.24) is 9.88 Å². The molecule has 1 aromatic rings. The number of aromatic nitrogens is 1. The average Bonchev–Trinajstić information content (AvgIpc) is 2.86. The first kappa shape index (κ1) is 16.6. The highest BCUT2D eigenvalue weighted by atomic mass is 79.9. The third-order valence-corrected chi connectivity index (χ3v) is 4.82. The molecule has 0 aliphatic heterocycles. The number of hydrogen-bond acceptors (Lipinski definition) is 2. The zero-order valence-electron chi connectivity index (χ0n) is 12.6. The van der Waals surface area contributed by atoms with E-state index in [0.29, 0.717) is 24.1 Å². The van der Waals surface area contributed by atoms with Crippen LogP contribution in [0.3, 0.4) is 0 Å². The number of rotatable bonds is 6. The number of amides is 1. The molecule has 1 amide bonds. The van der Waals surface area contributed by atoms with Gasteiger partial charge in [-0.1, -0.05) is 19.8 Å². The van der Waals surface area contributed by atoms with E-state index in [4.69, 9.17) is 0 Å². The number of carbonyl (C=O) groups excluding carboxylic acids is 1. The molecule has 2 rings (SSSR count). The van der Waals surface area contributed by atoms with Crippen LogP contribution in [-0.2, 0) is 6.54 Å². The Morgan fingerprint density at radius 3 is 2.81 bits per heavy atom. The summed E-state index contributed by atoms with van der Waals surface area (Å²) in [6.45, 7) is 3.85. The minimum atomic E-state index is -0.0172. The SMILES string of the molecule is CCCn1cc(Br)cc1C(=O)NCC1CCCCC1CO. The van der Waals surface area contributed by atoms with Crippen LogP contribution in [0.2, 0.25) is 0 Å². The van der Waals surface area contributed by atoms with Crippen LogP contribution in [0.4, 0.5) is 0 Å². The van der Waals surface area contributed by atoms with Gasteiger partial charge in [0.1, 0.15) is 5.69 Å². The Hall–Kier alpha value is -0.810. The zero-order chi connectivity index (χ0) is 15.2. The lowest BCUT2D eigenvalue weighted by molar-refractivity contribution is 0.0900. The summed E-state index contributed by atoms with van der Waals surface area (Å²) in [5.74, 6) is 0.732. The fourth-order valence-corrected chi connectivity index (χ4v) is 3.66. The normalized spacial score (nSPS) is 22.2. The summed E-state index contributed by atoms with van der Waals surface area (Å²) < 4.78 is 2.93. The van der Waals surface area contributed by atoms with Crippen molar-refractivity contribution in [1.29, 1.82) is 0 Å². The second-order valence-electron chi connectivity index (χ2n) is 5.93. The van der Waals surface area contributed by atoms with Crippen LogP contribution < -0.4 is 5.32 Å². The highest BCUT2D eigenvalue weighted by Gasteiger charge is 2.25. The third kappa shape index (κ3) is 4.33. The van der Waals surface area contributed by atoms with Gasteiger partial charge in [0.15, 0.2) is 0 Å². The Kier molecular flexibility index (Phi) is 6.30. The summed E-state index contributed by atoms with van der Waals surface area (Å²) in [5, 5.41) is 12.5. The highest BCUT2D eigenvalue weighted by molar-refractivity contribution is 9.10. The first-order chi connectivity index (χ1) is 10.2. The fourth-order valence-electron chi connectivity index (χ4n) is 3.20. The van der Waals surface area contributed by atoms with Gasteiger partial charge < -0.3 is 15.0 Å². The van der Waals surface area contributed by atoms with Crippen LogP contribution in [-0.4, -0.2) is 28.7 Å². The van der Waals surface area contributed by atoms with Crippen molar-refractivity contribution in [2.75, 3.05) is 13.2 Å². The number of carbonyl (C=O) groups is 1. The van der Waals surface area contributed by atoms with Crippen molar-refractivity contribution < 1.29 is 9.90 Å². The van der Waals surface area contributed by atoms with Crippen molar-refractivity contribution >= 4 is 21.8 Å². The molecule has 1 aromatic heterocycles. The molecule has 2 atom stereocenters. The second kappa shape index (κ2) is 7.99. The molecule has 0 radical (unpaired) electrons. The standard InChI is InChI=1S/C16H25BrN2O2/c1-2-7-19-10-14(17)8-15(19)16(21)18-9-12-5-3-4-6-13(12)11-20/h8,10,12-13,20H,2-7,9,11H2,1H3,(H,18,21). The monoisotopic (exact) mass is 356 g/mol. The molecule has 1 saturated carbocycles. The maximum Gasteiger partial charge on any atom is 0.267 e. The number of aryl methyl sites for hydroxylation is 1. The first-order valence-electron chi connectivity index (χ1n) is 7.90. The third-order valence-electron chi connectivity index (χ3n) is 4.39. The maximum absolute atomic E-state index is 12.4. The number of aliphatic hydroxyl groups excluding tert-OH is 1. The van der Waals surface area contributed by atoms with Crippen molar-refractivity contribution in [3.05, 3.63) is 22.4 Å². The molecule has 1 aliphatic carbocycles. The number of hydrogen-bond donors (Lipinski definition) is 2. The molecule has 2 unspecified atom stereocenters. The van der Waals surface area contributed by atoms with Gasteiger partial charge in [0.25, 0.3) is 5.91 Å². The van der Waals surface area contributed by atoms with Gasteiger partial charge in [0.05, 0.1) is 0 Å². The lowest BCUT2D eigenvalue weighted by Gasteiger charge is -2.30. The number of aliphatic hydroxyl groups is 1.